The van der Waals surface area contributed by atoms with Gasteiger partial charge in [0, 0.05) is 29.6 Å². The molecule has 1 unspecified atom stereocenters. The van der Waals surface area contributed by atoms with Crippen LogP contribution in [0.2, 0.25) is 0 Å². The van der Waals surface area contributed by atoms with Gasteiger partial charge in [0.15, 0.2) is 5.58 Å². The van der Waals surface area contributed by atoms with Gasteiger partial charge in [0.1, 0.15) is 5.52 Å². The van der Waals surface area contributed by atoms with Crippen molar-refractivity contribution >= 4 is 30.6 Å². The lowest BCUT2D eigenvalue weighted by molar-refractivity contribution is 0.574. The Morgan fingerprint density at radius 2 is 1.91 bits per heavy atom. The first kappa shape index (κ1) is 16.3. The predicted octanol–water partition coefficient (Wildman–Crippen LogP) is 5.27. The van der Waals surface area contributed by atoms with Gasteiger partial charge in [0.25, 0.3) is 0 Å². The molecule has 4 rings (SSSR count). The maximum atomic E-state index is 12.7. The van der Waals surface area contributed by atoms with Crippen LogP contribution in [-0.4, -0.2) is 17.8 Å². The van der Waals surface area contributed by atoms with Gasteiger partial charge < -0.3 is 8.98 Å². The quantitative estimate of drug-likeness (QED) is 0.563. The third-order valence-electron chi connectivity index (χ3n) is 4.43. The second-order valence-electron chi connectivity index (χ2n) is 6.34. The lowest BCUT2D eigenvalue weighted by Crippen LogP contribution is -2.11. The van der Waals surface area contributed by atoms with E-state index >= 15 is 0 Å². The first-order valence-electron chi connectivity index (χ1n) is 7.55. The number of furan rings is 1. The summed E-state index contributed by atoms with van der Waals surface area (Å²) in [6.45, 7) is 3.98. The molecule has 5 heteroatoms. The van der Waals surface area contributed by atoms with Gasteiger partial charge >= 0.3 is 0 Å². The van der Waals surface area contributed by atoms with Crippen LogP contribution in [0.4, 0.5) is 0 Å². The van der Waals surface area contributed by atoms with Crippen molar-refractivity contribution in [3.8, 4) is 11.1 Å². The lowest BCUT2D eigenvalue weighted by atomic mass is 9.97. The van der Waals surface area contributed by atoms with E-state index in [4.69, 9.17) is 9.40 Å². The van der Waals surface area contributed by atoms with Gasteiger partial charge in [-0.25, -0.2) is 4.98 Å². The molecule has 1 aliphatic heterocycles. The van der Waals surface area contributed by atoms with E-state index in [0.717, 1.165) is 46.1 Å². The molecule has 1 aliphatic rings. The van der Waals surface area contributed by atoms with Crippen molar-refractivity contribution in [2.75, 3.05) is 12.8 Å². The highest BCUT2D eigenvalue weighted by Gasteiger charge is 2.29. The fourth-order valence-corrected chi connectivity index (χ4v) is 5.08. The van der Waals surface area contributed by atoms with E-state index in [1.165, 1.54) is 5.56 Å². The number of rotatable bonds is 1. The van der Waals surface area contributed by atoms with Crippen LogP contribution < -0.4 is 0 Å². The highest BCUT2D eigenvalue weighted by Crippen LogP contribution is 2.52. The Balaban J connectivity index is 0.00000156. The molecule has 0 fully saturated rings. The minimum absolute atomic E-state index is 0. The SMILES string of the molecule is Cc1ccc(-c2c3c(nc4ccoc24)CCP(C)(=O)C3)cc1.Cl. The van der Waals surface area contributed by atoms with E-state index in [0.29, 0.717) is 6.16 Å². The van der Waals surface area contributed by atoms with Gasteiger partial charge in [-0.2, -0.15) is 0 Å². The first-order valence-corrected chi connectivity index (χ1v) is 10.1. The van der Waals surface area contributed by atoms with E-state index in [-0.39, 0.29) is 12.4 Å². The van der Waals surface area contributed by atoms with Crippen LogP contribution in [0.15, 0.2) is 41.0 Å². The van der Waals surface area contributed by atoms with Gasteiger partial charge in [-0.05, 0) is 31.1 Å². The monoisotopic (exact) mass is 347 g/mol. The number of pyridine rings is 1. The smallest absolute Gasteiger partial charge is 0.160 e. The number of aromatic nitrogens is 1. The summed E-state index contributed by atoms with van der Waals surface area (Å²) >= 11 is 0. The molecule has 3 nitrogen and oxygen atoms in total. The number of fused-ring (bicyclic) bond motifs is 2. The zero-order chi connectivity index (χ0) is 15.3. The molecule has 3 heterocycles. The molecule has 1 aromatic carbocycles. The number of benzene rings is 1. The van der Waals surface area contributed by atoms with Crippen LogP contribution in [-0.2, 0) is 17.1 Å². The first-order chi connectivity index (χ1) is 10.5. The number of hydrogen-bond acceptors (Lipinski definition) is 3. The Morgan fingerprint density at radius 1 is 1.17 bits per heavy atom. The average molecular weight is 348 g/mol. The summed E-state index contributed by atoms with van der Waals surface area (Å²) < 4.78 is 18.4. The average Bonchev–Trinajstić information content (AvgIpc) is 2.93. The lowest BCUT2D eigenvalue weighted by Gasteiger charge is -2.24. The second kappa shape index (κ2) is 5.81. The molecule has 0 radical (unpaired) electrons. The predicted molar refractivity (Wildman–Crippen MR) is 97.2 cm³/mol. The zero-order valence-corrected chi connectivity index (χ0v) is 14.9. The minimum atomic E-state index is -2.12. The van der Waals surface area contributed by atoms with Crippen LogP contribution in [0, 0.1) is 6.92 Å². The minimum Gasteiger partial charge on any atom is -0.462 e. The van der Waals surface area contributed by atoms with Crippen molar-refractivity contribution in [2.45, 2.75) is 19.5 Å². The number of aryl methyl sites for hydroxylation is 2. The number of nitrogens with zero attached hydrogens (tertiary/aromatic N) is 1. The normalized spacial score (nSPS) is 20.1. The van der Waals surface area contributed by atoms with Gasteiger partial charge in [0.05, 0.1) is 13.4 Å². The summed E-state index contributed by atoms with van der Waals surface area (Å²) in [6.07, 6.45) is 3.86. The molecular formula is C18H19ClNO2P. The van der Waals surface area contributed by atoms with E-state index in [9.17, 15) is 4.57 Å². The fourth-order valence-electron chi connectivity index (χ4n) is 3.23. The van der Waals surface area contributed by atoms with Gasteiger partial charge in [-0.3, -0.25) is 0 Å². The van der Waals surface area contributed by atoms with E-state index in [1.807, 2.05) is 12.7 Å². The maximum Gasteiger partial charge on any atom is 0.160 e. The van der Waals surface area contributed by atoms with E-state index < -0.39 is 7.14 Å². The Kier molecular flexibility index (Phi) is 4.12. The van der Waals surface area contributed by atoms with Crippen molar-refractivity contribution < 1.29 is 8.98 Å². The molecule has 0 saturated heterocycles. The third kappa shape index (κ3) is 2.84. The van der Waals surface area contributed by atoms with Crippen LogP contribution in [0.1, 0.15) is 16.8 Å². The largest absolute Gasteiger partial charge is 0.462 e. The van der Waals surface area contributed by atoms with Crippen molar-refractivity contribution in [3.63, 3.8) is 0 Å². The van der Waals surface area contributed by atoms with Crippen molar-refractivity contribution in [3.05, 3.63) is 53.4 Å². The highest BCUT2D eigenvalue weighted by molar-refractivity contribution is 7.62. The topological polar surface area (TPSA) is 43.1 Å². The molecule has 1 atom stereocenters. The van der Waals surface area contributed by atoms with E-state index in [1.54, 1.807) is 6.26 Å². The van der Waals surface area contributed by atoms with Crippen molar-refractivity contribution in [1.29, 1.82) is 0 Å². The summed E-state index contributed by atoms with van der Waals surface area (Å²) in [7, 11) is -2.12. The Labute approximate surface area is 141 Å². The van der Waals surface area contributed by atoms with Gasteiger partial charge in [-0.1, -0.05) is 29.8 Å². The van der Waals surface area contributed by atoms with Crippen LogP contribution in [0.3, 0.4) is 0 Å². The van der Waals surface area contributed by atoms with Crippen LogP contribution in [0.5, 0.6) is 0 Å². The Bertz CT molecular complexity index is 915. The molecule has 23 heavy (non-hydrogen) atoms. The molecule has 2 aromatic heterocycles. The number of halogens is 1. The summed E-state index contributed by atoms with van der Waals surface area (Å²) in [4.78, 5) is 4.73. The molecule has 0 N–H and O–H groups in total. The molecule has 3 aromatic rings. The molecule has 120 valence electrons. The van der Waals surface area contributed by atoms with E-state index in [2.05, 4.69) is 31.2 Å². The zero-order valence-electron chi connectivity index (χ0n) is 13.2. The molecule has 0 spiro atoms. The van der Waals surface area contributed by atoms with Crippen molar-refractivity contribution in [1.82, 2.24) is 4.98 Å². The van der Waals surface area contributed by atoms with Crippen LogP contribution in [0.25, 0.3) is 22.2 Å². The molecule has 0 aliphatic carbocycles. The summed E-state index contributed by atoms with van der Waals surface area (Å²) in [6, 6.07) is 10.3. The second-order valence-corrected chi connectivity index (χ2v) is 9.70. The Morgan fingerprint density at radius 3 is 2.65 bits per heavy atom. The number of hydrogen-bond donors (Lipinski definition) is 0. The molecule has 0 bridgehead atoms. The standard InChI is InChI=1S/C18H18NO2P.ClH/c1-12-3-5-13(6-4-12)17-14-11-22(2,20)10-8-15(14)19-16-7-9-21-18(16)17;/h3-7,9H,8,10-11H2,1-2H3;1H. The van der Waals surface area contributed by atoms with Crippen LogP contribution >= 0.6 is 19.5 Å². The van der Waals surface area contributed by atoms with Gasteiger partial charge in [0.2, 0.25) is 0 Å². The molecule has 0 amide bonds. The highest BCUT2D eigenvalue weighted by atomic mass is 35.5. The summed E-state index contributed by atoms with van der Waals surface area (Å²) in [5.74, 6) is 0. The van der Waals surface area contributed by atoms with Crippen molar-refractivity contribution in [2.24, 2.45) is 0 Å². The third-order valence-corrected chi connectivity index (χ3v) is 6.59. The maximum absolute atomic E-state index is 12.7. The summed E-state index contributed by atoms with van der Waals surface area (Å²) in [5, 5.41) is 0. The van der Waals surface area contributed by atoms with Gasteiger partial charge in [-0.15, -0.1) is 12.4 Å². The fraction of sp³-hybridized carbons (Fsp3) is 0.278. The summed E-state index contributed by atoms with van der Waals surface area (Å²) in [5.41, 5.74) is 7.31. The Hall–Kier alpha value is -1.57. The molecular weight excluding hydrogens is 329 g/mol. The molecule has 0 saturated carbocycles.